The topological polar surface area (TPSA) is 45.2 Å². The molecule has 3 rings (SSSR count). The smallest absolute Gasteiger partial charge is 0.251 e. The van der Waals surface area contributed by atoms with Gasteiger partial charge in [-0.3, -0.25) is 9.69 Å². The molecule has 1 amide bonds. The monoisotopic (exact) mass is 313 g/mol. The van der Waals surface area contributed by atoms with Gasteiger partial charge in [-0.2, -0.15) is 4.39 Å². The fourth-order valence-corrected chi connectivity index (χ4v) is 2.89. The molecule has 0 atom stereocenters. The molecule has 2 aromatic rings. The maximum Gasteiger partial charge on any atom is 0.251 e. The predicted molar refractivity (Wildman–Crippen MR) is 86.3 cm³/mol. The normalized spacial score (nSPS) is 14.8. The molecule has 1 aliphatic heterocycles. The molecule has 1 aromatic heterocycles. The first-order valence-corrected chi connectivity index (χ1v) is 7.91. The van der Waals surface area contributed by atoms with Gasteiger partial charge in [0.25, 0.3) is 5.91 Å². The second-order valence-corrected chi connectivity index (χ2v) is 5.80. The number of aromatic nitrogens is 1. The highest BCUT2D eigenvalue weighted by Gasteiger charge is 2.14. The van der Waals surface area contributed by atoms with Crippen LogP contribution >= 0.6 is 0 Å². The molecule has 23 heavy (non-hydrogen) atoms. The van der Waals surface area contributed by atoms with Gasteiger partial charge >= 0.3 is 0 Å². The van der Waals surface area contributed by atoms with E-state index >= 15 is 0 Å². The zero-order chi connectivity index (χ0) is 16.1. The number of nitrogens with zero attached hydrogens (tertiary/aromatic N) is 2. The second-order valence-electron chi connectivity index (χ2n) is 5.80. The Balaban J connectivity index is 1.64. The first-order valence-electron chi connectivity index (χ1n) is 7.91. The van der Waals surface area contributed by atoms with E-state index in [0.29, 0.717) is 6.54 Å². The Bertz CT molecular complexity index is 683. The lowest BCUT2D eigenvalue weighted by molar-refractivity contribution is 0.0950. The summed E-state index contributed by atoms with van der Waals surface area (Å²) in [5, 5.41) is 2.86. The molecular formula is C18H20FN3O. The number of pyridine rings is 1. The van der Waals surface area contributed by atoms with Crippen LogP contribution < -0.4 is 5.32 Å². The van der Waals surface area contributed by atoms with Crippen molar-refractivity contribution in [3.8, 4) is 0 Å². The lowest BCUT2D eigenvalue weighted by Crippen LogP contribution is -2.25. The quantitative estimate of drug-likeness (QED) is 0.863. The van der Waals surface area contributed by atoms with Gasteiger partial charge in [-0.15, -0.1) is 0 Å². The summed E-state index contributed by atoms with van der Waals surface area (Å²) in [5.41, 5.74) is 2.62. The van der Waals surface area contributed by atoms with Crippen molar-refractivity contribution in [1.29, 1.82) is 0 Å². The van der Waals surface area contributed by atoms with Crippen molar-refractivity contribution in [2.45, 2.75) is 25.9 Å². The number of rotatable bonds is 5. The SMILES string of the molecule is O=C(NCc1ccccc1CN1CCCC1)c1ccnc(F)c1. The van der Waals surface area contributed by atoms with Crippen LogP contribution in [0.5, 0.6) is 0 Å². The van der Waals surface area contributed by atoms with Gasteiger partial charge < -0.3 is 5.32 Å². The van der Waals surface area contributed by atoms with Crippen LogP contribution in [0.1, 0.15) is 34.3 Å². The van der Waals surface area contributed by atoms with Crippen LogP contribution in [-0.4, -0.2) is 28.9 Å². The molecule has 120 valence electrons. The number of hydrogen-bond acceptors (Lipinski definition) is 3. The van der Waals surface area contributed by atoms with Gasteiger partial charge in [0.15, 0.2) is 0 Å². The minimum atomic E-state index is -0.646. The highest BCUT2D eigenvalue weighted by molar-refractivity contribution is 5.93. The van der Waals surface area contributed by atoms with E-state index in [1.807, 2.05) is 18.2 Å². The van der Waals surface area contributed by atoms with Crippen LogP contribution in [0.4, 0.5) is 4.39 Å². The summed E-state index contributed by atoms with van der Waals surface area (Å²) in [6, 6.07) is 10.8. The number of carbonyl (C=O) groups excluding carboxylic acids is 1. The first-order chi connectivity index (χ1) is 11.2. The summed E-state index contributed by atoms with van der Waals surface area (Å²) in [6.07, 6.45) is 3.81. The summed E-state index contributed by atoms with van der Waals surface area (Å²) in [5.74, 6) is -0.936. The number of benzene rings is 1. The molecule has 0 saturated carbocycles. The summed E-state index contributed by atoms with van der Waals surface area (Å²) in [4.78, 5) is 18.0. The summed E-state index contributed by atoms with van der Waals surface area (Å²) >= 11 is 0. The Morgan fingerprint density at radius 3 is 2.65 bits per heavy atom. The molecule has 1 aliphatic rings. The molecule has 5 heteroatoms. The third-order valence-electron chi connectivity index (χ3n) is 4.14. The van der Waals surface area contributed by atoms with E-state index in [1.165, 1.54) is 30.7 Å². The molecule has 2 heterocycles. The van der Waals surface area contributed by atoms with Crippen molar-refractivity contribution in [3.63, 3.8) is 0 Å². The van der Waals surface area contributed by atoms with Crippen molar-refractivity contribution in [1.82, 2.24) is 15.2 Å². The van der Waals surface area contributed by atoms with Gasteiger partial charge in [0.05, 0.1) is 0 Å². The van der Waals surface area contributed by atoms with Crippen molar-refractivity contribution < 1.29 is 9.18 Å². The number of nitrogens with one attached hydrogen (secondary N) is 1. The van der Waals surface area contributed by atoms with Crippen LogP contribution in [0.25, 0.3) is 0 Å². The van der Waals surface area contributed by atoms with Gasteiger partial charge in [0, 0.05) is 30.9 Å². The lowest BCUT2D eigenvalue weighted by Gasteiger charge is -2.17. The molecule has 1 N–H and O–H groups in total. The fraction of sp³-hybridized carbons (Fsp3) is 0.333. The zero-order valence-electron chi connectivity index (χ0n) is 13.0. The molecule has 1 aromatic carbocycles. The van der Waals surface area contributed by atoms with E-state index in [9.17, 15) is 9.18 Å². The Morgan fingerprint density at radius 1 is 1.17 bits per heavy atom. The maximum absolute atomic E-state index is 13.1. The molecule has 4 nitrogen and oxygen atoms in total. The standard InChI is InChI=1S/C18H20FN3O/c19-17-11-14(7-8-20-17)18(23)21-12-15-5-1-2-6-16(15)13-22-9-3-4-10-22/h1-2,5-8,11H,3-4,9-10,12-13H2,(H,21,23). The van der Waals surface area contributed by atoms with Gasteiger partial charge in [-0.1, -0.05) is 24.3 Å². The predicted octanol–water partition coefficient (Wildman–Crippen LogP) is 2.75. The largest absolute Gasteiger partial charge is 0.348 e. The average Bonchev–Trinajstić information content (AvgIpc) is 3.07. The molecule has 1 fully saturated rings. The Morgan fingerprint density at radius 2 is 1.91 bits per heavy atom. The highest BCUT2D eigenvalue weighted by Crippen LogP contribution is 2.16. The van der Waals surface area contributed by atoms with Gasteiger partial charge in [-0.25, -0.2) is 4.98 Å². The van der Waals surface area contributed by atoms with Crippen molar-refractivity contribution >= 4 is 5.91 Å². The molecule has 1 saturated heterocycles. The van der Waals surface area contributed by atoms with E-state index in [1.54, 1.807) is 0 Å². The van der Waals surface area contributed by atoms with Gasteiger partial charge in [0.2, 0.25) is 5.95 Å². The van der Waals surface area contributed by atoms with Gasteiger partial charge in [0.1, 0.15) is 0 Å². The molecular weight excluding hydrogens is 293 g/mol. The van der Waals surface area contributed by atoms with Gasteiger partial charge in [-0.05, 0) is 43.1 Å². The van der Waals surface area contributed by atoms with Crippen molar-refractivity contribution in [2.75, 3.05) is 13.1 Å². The summed E-state index contributed by atoms with van der Waals surface area (Å²) < 4.78 is 13.1. The maximum atomic E-state index is 13.1. The summed E-state index contributed by atoms with van der Waals surface area (Å²) in [6.45, 7) is 3.62. The Kier molecular flexibility index (Phi) is 4.98. The van der Waals surface area contributed by atoms with Crippen molar-refractivity contribution in [3.05, 3.63) is 65.2 Å². The molecule has 0 aliphatic carbocycles. The van der Waals surface area contributed by atoms with Crippen molar-refractivity contribution in [2.24, 2.45) is 0 Å². The molecule has 0 unspecified atom stereocenters. The zero-order valence-corrected chi connectivity index (χ0v) is 13.0. The average molecular weight is 313 g/mol. The number of carbonyl (C=O) groups is 1. The lowest BCUT2D eigenvalue weighted by atomic mass is 10.1. The minimum absolute atomic E-state index is 0.287. The molecule has 0 bridgehead atoms. The van der Waals surface area contributed by atoms with Crippen LogP contribution in [-0.2, 0) is 13.1 Å². The summed E-state index contributed by atoms with van der Waals surface area (Å²) in [7, 11) is 0. The van der Waals surface area contributed by atoms with E-state index in [2.05, 4.69) is 21.3 Å². The van der Waals surface area contributed by atoms with Crippen LogP contribution in [0.3, 0.4) is 0 Å². The molecule has 0 spiro atoms. The number of likely N-dealkylation sites (tertiary alicyclic amines) is 1. The Hall–Kier alpha value is -2.27. The Labute approximate surface area is 135 Å². The van der Waals surface area contributed by atoms with E-state index in [0.717, 1.165) is 31.3 Å². The third kappa shape index (κ3) is 4.13. The van der Waals surface area contributed by atoms with Crippen LogP contribution in [0.15, 0.2) is 42.6 Å². The second kappa shape index (κ2) is 7.33. The molecule has 0 radical (unpaired) electrons. The van der Waals surface area contributed by atoms with Crippen LogP contribution in [0.2, 0.25) is 0 Å². The number of amides is 1. The number of hydrogen-bond donors (Lipinski definition) is 1. The minimum Gasteiger partial charge on any atom is -0.348 e. The number of halogens is 1. The third-order valence-corrected chi connectivity index (χ3v) is 4.14. The first kappa shape index (κ1) is 15.6. The van der Waals surface area contributed by atoms with E-state index in [4.69, 9.17) is 0 Å². The fourth-order valence-electron chi connectivity index (χ4n) is 2.89. The van der Waals surface area contributed by atoms with E-state index in [-0.39, 0.29) is 11.5 Å². The van der Waals surface area contributed by atoms with Crippen LogP contribution in [0, 0.1) is 5.95 Å². The van der Waals surface area contributed by atoms with E-state index < -0.39 is 5.95 Å². The highest BCUT2D eigenvalue weighted by atomic mass is 19.1.